The van der Waals surface area contributed by atoms with E-state index in [9.17, 15) is 14.0 Å². The van der Waals surface area contributed by atoms with Gasteiger partial charge in [0.05, 0.1) is 10.2 Å². The number of fused-ring (bicyclic) bond motifs is 2. The van der Waals surface area contributed by atoms with Crippen LogP contribution in [-0.4, -0.2) is 16.8 Å². The number of para-hydroxylation sites is 1. The molecule has 0 fully saturated rings. The Morgan fingerprint density at radius 1 is 1.31 bits per heavy atom. The van der Waals surface area contributed by atoms with Crippen LogP contribution in [-0.2, 0) is 16.0 Å². The zero-order valence-corrected chi connectivity index (χ0v) is 14.6. The molecule has 1 aliphatic heterocycles. The Labute approximate surface area is 153 Å². The normalized spacial score (nSPS) is 16.2. The third-order valence-corrected chi connectivity index (χ3v) is 5.36. The number of carbonyl (C=O) groups excluding carboxylic acids is 2. The molecule has 0 unspecified atom stereocenters. The van der Waals surface area contributed by atoms with Crippen LogP contribution in [0.4, 0.5) is 15.2 Å². The van der Waals surface area contributed by atoms with Gasteiger partial charge in [0, 0.05) is 18.0 Å². The Morgan fingerprint density at radius 3 is 3.04 bits per heavy atom. The van der Waals surface area contributed by atoms with Crippen molar-refractivity contribution in [2.45, 2.75) is 19.3 Å². The molecule has 5 nitrogen and oxygen atoms in total. The van der Waals surface area contributed by atoms with Gasteiger partial charge in [-0.3, -0.25) is 9.59 Å². The van der Waals surface area contributed by atoms with Crippen LogP contribution in [0, 0.1) is 11.7 Å². The molecule has 132 valence electrons. The molecule has 2 N–H and O–H groups in total. The molecule has 1 aliphatic rings. The second kappa shape index (κ2) is 6.84. The first kappa shape index (κ1) is 16.7. The van der Waals surface area contributed by atoms with E-state index in [4.69, 9.17) is 0 Å². The van der Waals surface area contributed by atoms with Crippen molar-refractivity contribution in [3.63, 3.8) is 0 Å². The zero-order valence-electron chi connectivity index (χ0n) is 13.8. The molecule has 0 saturated heterocycles. The molecule has 0 saturated carbocycles. The number of carbonyl (C=O) groups is 2. The van der Waals surface area contributed by atoms with Gasteiger partial charge in [0.2, 0.25) is 11.8 Å². The van der Waals surface area contributed by atoms with Gasteiger partial charge in [-0.1, -0.05) is 29.5 Å². The molecule has 0 spiro atoms. The number of aromatic nitrogens is 1. The Kier molecular flexibility index (Phi) is 4.38. The second-order valence-electron chi connectivity index (χ2n) is 6.27. The fraction of sp³-hybridized carbons (Fsp3) is 0.211. The van der Waals surface area contributed by atoms with Crippen LogP contribution in [0.25, 0.3) is 10.2 Å². The summed E-state index contributed by atoms with van der Waals surface area (Å²) in [6, 6.07) is 12.0. The van der Waals surface area contributed by atoms with Crippen LogP contribution < -0.4 is 10.6 Å². The third kappa shape index (κ3) is 3.43. The van der Waals surface area contributed by atoms with Gasteiger partial charge in [-0.25, -0.2) is 9.37 Å². The lowest BCUT2D eigenvalue weighted by Gasteiger charge is -2.24. The number of amides is 2. The van der Waals surface area contributed by atoms with Gasteiger partial charge in [-0.05, 0) is 42.7 Å². The van der Waals surface area contributed by atoms with Crippen LogP contribution in [0.3, 0.4) is 0 Å². The molecule has 7 heteroatoms. The molecule has 2 heterocycles. The van der Waals surface area contributed by atoms with E-state index in [-0.39, 0.29) is 30.0 Å². The van der Waals surface area contributed by atoms with Crippen molar-refractivity contribution in [2.75, 3.05) is 10.6 Å². The van der Waals surface area contributed by atoms with Gasteiger partial charge in [-0.2, -0.15) is 0 Å². The molecule has 2 aromatic carbocycles. The highest BCUT2D eigenvalue weighted by Crippen LogP contribution is 2.29. The summed E-state index contributed by atoms with van der Waals surface area (Å²) >= 11 is 1.23. The predicted molar refractivity (Wildman–Crippen MR) is 99.7 cm³/mol. The first-order valence-electron chi connectivity index (χ1n) is 8.33. The van der Waals surface area contributed by atoms with Crippen molar-refractivity contribution in [2.24, 2.45) is 5.92 Å². The number of rotatable bonds is 4. The Hall–Kier alpha value is -2.80. The number of nitrogens with one attached hydrogen (secondary N) is 2. The quantitative estimate of drug-likeness (QED) is 0.731. The van der Waals surface area contributed by atoms with E-state index in [1.54, 1.807) is 6.07 Å². The van der Waals surface area contributed by atoms with E-state index >= 15 is 0 Å². The standard InChI is InChI=1S/C19H16FN3O2S/c20-13-6-7-15-16(10-13)26-19(22-15)23-17(24)8-5-12-9-11-3-1-2-4-14(11)21-18(12)25/h1-4,6-7,10,12H,5,8-9H2,(H,21,25)(H,22,23,24)/t12-/m0/s1. The lowest BCUT2D eigenvalue weighted by Crippen LogP contribution is -2.30. The fourth-order valence-corrected chi connectivity index (χ4v) is 3.99. The number of benzene rings is 2. The van der Waals surface area contributed by atoms with E-state index in [1.807, 2.05) is 24.3 Å². The van der Waals surface area contributed by atoms with E-state index in [2.05, 4.69) is 15.6 Å². The fourth-order valence-electron chi connectivity index (χ4n) is 3.09. The second-order valence-corrected chi connectivity index (χ2v) is 7.30. The first-order chi connectivity index (χ1) is 12.6. The van der Waals surface area contributed by atoms with Gasteiger partial charge >= 0.3 is 0 Å². The molecule has 0 aliphatic carbocycles. The highest BCUT2D eigenvalue weighted by Gasteiger charge is 2.26. The molecule has 4 rings (SSSR count). The van der Waals surface area contributed by atoms with Crippen molar-refractivity contribution in [3.8, 4) is 0 Å². The van der Waals surface area contributed by atoms with Gasteiger partial charge in [0.15, 0.2) is 5.13 Å². The highest BCUT2D eigenvalue weighted by molar-refractivity contribution is 7.22. The van der Waals surface area contributed by atoms with Crippen molar-refractivity contribution < 1.29 is 14.0 Å². The largest absolute Gasteiger partial charge is 0.326 e. The average Bonchev–Trinajstić information content (AvgIpc) is 3.01. The molecule has 2 amide bonds. The Balaban J connectivity index is 1.37. The maximum Gasteiger partial charge on any atom is 0.227 e. The van der Waals surface area contributed by atoms with Crippen molar-refractivity contribution in [3.05, 3.63) is 53.8 Å². The summed E-state index contributed by atoms with van der Waals surface area (Å²) in [5.74, 6) is -0.800. The summed E-state index contributed by atoms with van der Waals surface area (Å²) in [7, 11) is 0. The number of hydrogen-bond donors (Lipinski definition) is 2. The molecule has 1 atom stereocenters. The number of nitrogens with zero attached hydrogens (tertiary/aromatic N) is 1. The molecular weight excluding hydrogens is 353 g/mol. The molecule has 3 aromatic rings. The van der Waals surface area contributed by atoms with Crippen molar-refractivity contribution in [1.82, 2.24) is 4.98 Å². The van der Waals surface area contributed by atoms with Crippen LogP contribution in [0.1, 0.15) is 18.4 Å². The van der Waals surface area contributed by atoms with Crippen LogP contribution in [0.5, 0.6) is 0 Å². The summed E-state index contributed by atoms with van der Waals surface area (Å²) in [6.45, 7) is 0. The van der Waals surface area contributed by atoms with E-state index in [0.717, 1.165) is 11.3 Å². The van der Waals surface area contributed by atoms with E-state index in [0.29, 0.717) is 28.2 Å². The van der Waals surface area contributed by atoms with E-state index in [1.165, 1.54) is 23.5 Å². The molecule has 0 radical (unpaired) electrons. The van der Waals surface area contributed by atoms with Crippen LogP contribution in [0.15, 0.2) is 42.5 Å². The summed E-state index contributed by atoms with van der Waals surface area (Å²) in [6.07, 6.45) is 1.33. The van der Waals surface area contributed by atoms with Gasteiger partial charge in [-0.15, -0.1) is 0 Å². The minimum atomic E-state index is -0.331. The lowest BCUT2D eigenvalue weighted by atomic mass is 9.89. The molecule has 1 aromatic heterocycles. The van der Waals surface area contributed by atoms with Crippen LogP contribution >= 0.6 is 11.3 Å². The lowest BCUT2D eigenvalue weighted by molar-refractivity contribution is -0.121. The van der Waals surface area contributed by atoms with Gasteiger partial charge < -0.3 is 10.6 Å². The number of halogens is 1. The average molecular weight is 369 g/mol. The summed E-state index contributed by atoms with van der Waals surface area (Å²) in [4.78, 5) is 28.7. The number of anilines is 2. The Bertz CT molecular complexity index is 1000. The summed E-state index contributed by atoms with van der Waals surface area (Å²) < 4.78 is 13.9. The smallest absolute Gasteiger partial charge is 0.227 e. The maximum absolute atomic E-state index is 13.2. The Morgan fingerprint density at radius 2 is 2.15 bits per heavy atom. The topological polar surface area (TPSA) is 71.1 Å². The summed E-state index contributed by atoms with van der Waals surface area (Å²) in [5, 5.41) is 6.07. The SMILES string of the molecule is O=C(CC[C@H]1Cc2ccccc2NC1=O)Nc1nc2ccc(F)cc2s1. The minimum absolute atomic E-state index is 0.0491. The van der Waals surface area contributed by atoms with Crippen molar-refractivity contribution in [1.29, 1.82) is 0 Å². The molecular formula is C19H16FN3O2S. The number of hydrogen-bond acceptors (Lipinski definition) is 4. The first-order valence-corrected chi connectivity index (χ1v) is 9.15. The monoisotopic (exact) mass is 369 g/mol. The summed E-state index contributed by atoms with van der Waals surface area (Å²) in [5.41, 5.74) is 2.58. The van der Waals surface area contributed by atoms with Gasteiger partial charge in [0.1, 0.15) is 5.82 Å². The molecule has 0 bridgehead atoms. The molecule has 26 heavy (non-hydrogen) atoms. The van der Waals surface area contributed by atoms with Crippen LogP contribution in [0.2, 0.25) is 0 Å². The van der Waals surface area contributed by atoms with E-state index < -0.39 is 0 Å². The highest BCUT2D eigenvalue weighted by atomic mass is 32.1. The maximum atomic E-state index is 13.2. The zero-order chi connectivity index (χ0) is 18.1. The third-order valence-electron chi connectivity index (χ3n) is 4.43. The van der Waals surface area contributed by atoms with Crippen molar-refractivity contribution >= 4 is 44.2 Å². The minimum Gasteiger partial charge on any atom is -0.326 e. The van der Waals surface area contributed by atoms with Gasteiger partial charge in [0.25, 0.3) is 0 Å². The predicted octanol–water partition coefficient (Wildman–Crippen LogP) is 3.97. The number of thiazole rings is 1.